The summed E-state index contributed by atoms with van der Waals surface area (Å²) in [5, 5.41) is 2.96. The molecule has 1 aliphatic rings. The number of amides is 1. The van der Waals surface area contributed by atoms with E-state index in [2.05, 4.69) is 5.32 Å². The molecule has 0 bridgehead atoms. The first-order valence-corrected chi connectivity index (χ1v) is 11.0. The lowest BCUT2D eigenvalue weighted by Gasteiger charge is -2.21. The third-order valence-corrected chi connectivity index (χ3v) is 7.00. The molecule has 0 heterocycles. The third kappa shape index (κ3) is 5.68. The molecule has 0 aromatic heterocycles. The molecular weight excluding hydrogens is 348 g/mol. The Kier molecular flexibility index (Phi) is 7.85. The predicted molar refractivity (Wildman–Crippen MR) is 105 cm³/mol. The average molecular weight is 379 g/mol. The summed E-state index contributed by atoms with van der Waals surface area (Å²) in [4.78, 5) is 12.2. The smallest absolute Gasteiger partial charge is 0.244 e. The summed E-state index contributed by atoms with van der Waals surface area (Å²) in [6.07, 6.45) is 9.46. The maximum Gasteiger partial charge on any atom is 0.244 e. The fourth-order valence-electron chi connectivity index (χ4n) is 3.33. The highest BCUT2D eigenvalue weighted by Crippen LogP contribution is 2.22. The van der Waals surface area contributed by atoms with E-state index in [1.807, 2.05) is 13.8 Å². The van der Waals surface area contributed by atoms with Crippen LogP contribution in [0.2, 0.25) is 0 Å². The Morgan fingerprint density at radius 1 is 1.12 bits per heavy atom. The van der Waals surface area contributed by atoms with Gasteiger partial charge in [-0.2, -0.15) is 4.31 Å². The van der Waals surface area contributed by atoms with Gasteiger partial charge in [0.2, 0.25) is 15.9 Å². The lowest BCUT2D eigenvalue weighted by Crippen LogP contribution is -2.30. The summed E-state index contributed by atoms with van der Waals surface area (Å²) in [7, 11) is -3.44. The molecule has 1 aliphatic carbocycles. The summed E-state index contributed by atoms with van der Waals surface area (Å²) < 4.78 is 26.3. The van der Waals surface area contributed by atoms with Gasteiger partial charge in [-0.3, -0.25) is 4.79 Å². The normalized spacial score (nSPS) is 16.3. The van der Waals surface area contributed by atoms with Crippen LogP contribution in [-0.4, -0.2) is 38.3 Å². The number of nitrogens with zero attached hydrogens (tertiary/aromatic N) is 1. The van der Waals surface area contributed by atoms with Gasteiger partial charge in [0.1, 0.15) is 0 Å². The second-order valence-electron chi connectivity index (χ2n) is 6.74. The SMILES string of the molecule is CCN(CC)S(=O)(=O)c1ccc(/C=C/C(=O)NCC2CCCCC2)cc1. The molecule has 1 amide bonds. The van der Waals surface area contributed by atoms with Crippen molar-refractivity contribution in [3.05, 3.63) is 35.9 Å². The summed E-state index contributed by atoms with van der Waals surface area (Å²) in [5.41, 5.74) is 0.802. The Balaban J connectivity index is 1.91. The minimum absolute atomic E-state index is 0.101. The predicted octanol–water partition coefficient (Wildman–Crippen LogP) is 3.43. The van der Waals surface area contributed by atoms with E-state index < -0.39 is 10.0 Å². The zero-order chi connectivity index (χ0) is 19.0. The summed E-state index contributed by atoms with van der Waals surface area (Å²) in [6, 6.07) is 6.63. The van der Waals surface area contributed by atoms with Crippen molar-refractivity contribution in [1.82, 2.24) is 9.62 Å². The van der Waals surface area contributed by atoms with E-state index in [1.165, 1.54) is 42.5 Å². The van der Waals surface area contributed by atoms with Gasteiger partial charge in [-0.1, -0.05) is 45.2 Å². The minimum atomic E-state index is -3.44. The summed E-state index contributed by atoms with van der Waals surface area (Å²) in [5.74, 6) is 0.501. The molecule has 0 unspecified atom stereocenters. The Hall–Kier alpha value is -1.66. The van der Waals surface area contributed by atoms with Gasteiger partial charge in [0.05, 0.1) is 4.90 Å². The average Bonchev–Trinajstić information content (AvgIpc) is 2.66. The van der Waals surface area contributed by atoms with Crippen LogP contribution >= 0.6 is 0 Å². The highest BCUT2D eigenvalue weighted by molar-refractivity contribution is 7.89. The monoisotopic (exact) mass is 378 g/mol. The number of hydrogen-bond acceptors (Lipinski definition) is 3. The topological polar surface area (TPSA) is 66.5 Å². The van der Waals surface area contributed by atoms with Crippen molar-refractivity contribution >= 4 is 22.0 Å². The fraction of sp³-hybridized carbons (Fsp3) is 0.550. The first-order valence-electron chi connectivity index (χ1n) is 9.53. The van der Waals surface area contributed by atoms with Crippen LogP contribution in [0.25, 0.3) is 6.08 Å². The Bertz CT molecular complexity index is 701. The largest absolute Gasteiger partial charge is 0.352 e. The van der Waals surface area contributed by atoms with Gasteiger partial charge < -0.3 is 5.32 Å². The molecule has 0 atom stereocenters. The number of nitrogens with one attached hydrogen (secondary N) is 1. The van der Waals surface area contributed by atoms with Crippen LogP contribution in [0.15, 0.2) is 35.2 Å². The zero-order valence-corrected chi connectivity index (χ0v) is 16.6. The number of hydrogen-bond donors (Lipinski definition) is 1. The van der Waals surface area contributed by atoms with Crippen LogP contribution in [0.5, 0.6) is 0 Å². The molecule has 1 saturated carbocycles. The van der Waals surface area contributed by atoms with Gasteiger partial charge in [-0.25, -0.2) is 8.42 Å². The lowest BCUT2D eigenvalue weighted by atomic mass is 9.89. The van der Waals surface area contributed by atoms with Crippen LogP contribution in [0.4, 0.5) is 0 Å². The molecule has 6 heteroatoms. The van der Waals surface area contributed by atoms with Gasteiger partial charge in [0, 0.05) is 25.7 Å². The maximum absolute atomic E-state index is 12.5. The zero-order valence-electron chi connectivity index (χ0n) is 15.8. The Morgan fingerprint density at radius 2 is 1.73 bits per heavy atom. The fourth-order valence-corrected chi connectivity index (χ4v) is 4.79. The van der Waals surface area contributed by atoms with Gasteiger partial charge >= 0.3 is 0 Å². The van der Waals surface area contributed by atoms with Crippen molar-refractivity contribution in [2.24, 2.45) is 5.92 Å². The summed E-state index contributed by atoms with van der Waals surface area (Å²) >= 11 is 0. The number of carbonyl (C=O) groups is 1. The van der Waals surface area contributed by atoms with Crippen LogP contribution in [-0.2, 0) is 14.8 Å². The second-order valence-corrected chi connectivity index (χ2v) is 8.68. The van der Waals surface area contributed by atoms with Gasteiger partial charge in [0.25, 0.3) is 0 Å². The third-order valence-electron chi connectivity index (χ3n) is 4.94. The molecule has 26 heavy (non-hydrogen) atoms. The Labute approximate surface area is 157 Å². The first kappa shape index (κ1) is 20.6. The second kappa shape index (κ2) is 9.88. The van der Waals surface area contributed by atoms with Crippen molar-refractivity contribution in [1.29, 1.82) is 0 Å². The number of benzene rings is 1. The van der Waals surface area contributed by atoms with E-state index in [1.54, 1.807) is 30.3 Å². The first-order chi connectivity index (χ1) is 12.5. The molecule has 2 rings (SSSR count). The number of rotatable bonds is 8. The van der Waals surface area contributed by atoms with Gasteiger partial charge in [-0.15, -0.1) is 0 Å². The highest BCUT2D eigenvalue weighted by Gasteiger charge is 2.21. The molecule has 0 spiro atoms. The highest BCUT2D eigenvalue weighted by atomic mass is 32.2. The molecule has 1 fully saturated rings. The molecule has 0 aliphatic heterocycles. The van der Waals surface area contributed by atoms with Crippen molar-refractivity contribution < 1.29 is 13.2 Å². The minimum Gasteiger partial charge on any atom is -0.352 e. The molecule has 0 radical (unpaired) electrons. The van der Waals surface area contributed by atoms with Crippen molar-refractivity contribution in [2.45, 2.75) is 50.8 Å². The maximum atomic E-state index is 12.5. The van der Waals surface area contributed by atoms with E-state index in [-0.39, 0.29) is 10.8 Å². The van der Waals surface area contributed by atoms with Crippen molar-refractivity contribution in [3.8, 4) is 0 Å². The molecule has 0 saturated heterocycles. The van der Waals surface area contributed by atoms with E-state index in [9.17, 15) is 13.2 Å². The summed E-state index contributed by atoms with van der Waals surface area (Å²) in [6.45, 7) is 5.28. The molecule has 1 aromatic carbocycles. The quantitative estimate of drug-likeness (QED) is 0.705. The van der Waals surface area contributed by atoms with E-state index >= 15 is 0 Å². The van der Waals surface area contributed by atoms with E-state index in [4.69, 9.17) is 0 Å². The van der Waals surface area contributed by atoms with Gasteiger partial charge in [0.15, 0.2) is 0 Å². The van der Waals surface area contributed by atoms with Crippen LogP contribution in [0, 0.1) is 5.92 Å². The van der Waals surface area contributed by atoms with Crippen molar-refractivity contribution in [3.63, 3.8) is 0 Å². The molecular formula is C20H30N2O3S. The Morgan fingerprint density at radius 3 is 2.31 bits per heavy atom. The standard InChI is InChI=1S/C20H30N2O3S/c1-3-22(4-2)26(24,25)19-13-10-17(11-14-19)12-15-20(23)21-16-18-8-6-5-7-9-18/h10-15,18H,3-9,16H2,1-2H3,(H,21,23)/b15-12+. The number of sulfonamides is 1. The number of carbonyl (C=O) groups excluding carboxylic acids is 1. The van der Waals surface area contributed by atoms with Crippen molar-refractivity contribution in [2.75, 3.05) is 19.6 Å². The van der Waals surface area contributed by atoms with Crippen LogP contribution in [0.1, 0.15) is 51.5 Å². The molecule has 1 N–H and O–H groups in total. The van der Waals surface area contributed by atoms with E-state index in [0.717, 1.165) is 12.1 Å². The van der Waals surface area contributed by atoms with Gasteiger partial charge in [-0.05, 0) is 42.5 Å². The van der Waals surface area contributed by atoms with E-state index in [0.29, 0.717) is 19.0 Å². The van der Waals surface area contributed by atoms with Crippen LogP contribution in [0.3, 0.4) is 0 Å². The van der Waals surface area contributed by atoms with Crippen LogP contribution < -0.4 is 5.32 Å². The lowest BCUT2D eigenvalue weighted by molar-refractivity contribution is -0.116. The molecule has 5 nitrogen and oxygen atoms in total. The molecule has 1 aromatic rings. The molecule has 144 valence electrons.